The fourth-order valence-electron chi connectivity index (χ4n) is 1.59. The van der Waals surface area contributed by atoms with Crippen LogP contribution in [0, 0.1) is 0 Å². The minimum absolute atomic E-state index is 0.158. The number of hydrogen-bond donors (Lipinski definition) is 2. The summed E-state index contributed by atoms with van der Waals surface area (Å²) < 4.78 is 0.939. The molecule has 17 heavy (non-hydrogen) atoms. The summed E-state index contributed by atoms with van der Waals surface area (Å²) in [4.78, 5) is 11.2. The van der Waals surface area contributed by atoms with E-state index in [1.165, 1.54) is 0 Å². The van der Waals surface area contributed by atoms with Crippen LogP contribution >= 0.6 is 15.9 Å². The lowest BCUT2D eigenvalue weighted by Gasteiger charge is -2.31. The number of hydrogen-bond acceptors (Lipinski definition) is 2. The molecular formula is C12H17BrNO3+. The van der Waals surface area contributed by atoms with Crippen molar-refractivity contribution in [1.29, 1.82) is 0 Å². The molecular weight excluding hydrogens is 286 g/mol. The Bertz CT molecular complexity index is 426. The number of likely N-dealkylation sites (N-methyl/N-ethyl adjacent to an activating group) is 1. The van der Waals surface area contributed by atoms with Crippen molar-refractivity contribution in [1.82, 2.24) is 0 Å². The number of aliphatic carboxylic acids is 1. The van der Waals surface area contributed by atoms with E-state index in [2.05, 4.69) is 15.9 Å². The number of carbonyl (C=O) groups is 1. The Labute approximate surface area is 109 Å². The lowest BCUT2D eigenvalue weighted by Crippen LogP contribution is -2.51. The molecule has 4 nitrogen and oxygen atoms in total. The van der Waals surface area contributed by atoms with Crippen LogP contribution in [-0.2, 0) is 11.2 Å². The van der Waals surface area contributed by atoms with Crippen molar-refractivity contribution < 1.29 is 19.5 Å². The predicted octanol–water partition coefficient (Wildman–Crippen LogP) is 1.86. The normalized spacial score (nSPS) is 13.4. The van der Waals surface area contributed by atoms with Gasteiger partial charge in [0.1, 0.15) is 5.75 Å². The van der Waals surface area contributed by atoms with Gasteiger partial charge in [-0.3, -0.25) is 0 Å². The third-order valence-corrected chi connectivity index (χ3v) is 3.30. The summed E-state index contributed by atoms with van der Waals surface area (Å²) >= 11 is 3.22. The van der Waals surface area contributed by atoms with Crippen LogP contribution < -0.4 is 0 Å². The average Bonchev–Trinajstić information content (AvgIpc) is 2.17. The molecule has 1 aromatic carbocycles. The van der Waals surface area contributed by atoms with Crippen molar-refractivity contribution in [2.75, 3.05) is 21.1 Å². The van der Waals surface area contributed by atoms with E-state index in [1.807, 2.05) is 21.1 Å². The number of nitrogens with zero attached hydrogens (tertiary/aromatic N) is 1. The van der Waals surface area contributed by atoms with Crippen molar-refractivity contribution in [2.24, 2.45) is 0 Å². The van der Waals surface area contributed by atoms with E-state index >= 15 is 0 Å². The summed E-state index contributed by atoms with van der Waals surface area (Å²) in [5.74, 6) is -0.660. The Kier molecular flexibility index (Phi) is 4.16. The zero-order valence-electron chi connectivity index (χ0n) is 10.1. The van der Waals surface area contributed by atoms with Crippen molar-refractivity contribution in [3.05, 3.63) is 28.2 Å². The molecule has 0 saturated carbocycles. The lowest BCUT2D eigenvalue weighted by molar-refractivity contribution is -0.887. The number of phenols is 1. The van der Waals surface area contributed by atoms with E-state index in [0.717, 1.165) is 5.56 Å². The largest absolute Gasteiger partial charge is 0.507 e. The Hall–Kier alpha value is -1.07. The number of benzene rings is 1. The summed E-state index contributed by atoms with van der Waals surface area (Å²) in [6.45, 7) is 0. The van der Waals surface area contributed by atoms with E-state index in [-0.39, 0.29) is 5.75 Å². The van der Waals surface area contributed by atoms with Gasteiger partial charge in [0.15, 0.2) is 6.04 Å². The number of halogens is 1. The fraction of sp³-hybridized carbons (Fsp3) is 0.417. The highest BCUT2D eigenvalue weighted by Crippen LogP contribution is 2.25. The van der Waals surface area contributed by atoms with E-state index in [1.54, 1.807) is 18.2 Å². The van der Waals surface area contributed by atoms with Crippen LogP contribution in [0.3, 0.4) is 0 Å². The molecule has 1 rings (SSSR count). The molecule has 0 aromatic heterocycles. The third kappa shape index (κ3) is 3.71. The first-order valence-electron chi connectivity index (χ1n) is 5.23. The molecule has 0 bridgehead atoms. The summed E-state index contributed by atoms with van der Waals surface area (Å²) in [6.07, 6.45) is 0.428. The van der Waals surface area contributed by atoms with Gasteiger partial charge in [-0.25, -0.2) is 4.79 Å². The van der Waals surface area contributed by atoms with Gasteiger partial charge in [0.2, 0.25) is 0 Å². The number of rotatable bonds is 4. The van der Waals surface area contributed by atoms with Gasteiger partial charge in [0, 0.05) is 6.42 Å². The van der Waals surface area contributed by atoms with Gasteiger partial charge in [0.05, 0.1) is 25.6 Å². The molecule has 2 N–H and O–H groups in total. The summed E-state index contributed by atoms with van der Waals surface area (Å²) in [7, 11) is 5.57. The van der Waals surface area contributed by atoms with Crippen LogP contribution in [-0.4, -0.2) is 47.9 Å². The molecule has 94 valence electrons. The zero-order valence-corrected chi connectivity index (χ0v) is 11.7. The minimum atomic E-state index is -0.818. The Balaban J connectivity index is 2.95. The first kappa shape index (κ1) is 14.0. The highest BCUT2D eigenvalue weighted by atomic mass is 79.9. The molecule has 0 amide bonds. The number of carboxylic acids is 1. The molecule has 0 aliphatic heterocycles. The summed E-state index contributed by atoms with van der Waals surface area (Å²) in [6, 6.07) is 4.55. The van der Waals surface area contributed by atoms with Gasteiger partial charge in [-0.15, -0.1) is 0 Å². The summed E-state index contributed by atoms with van der Waals surface area (Å²) in [5, 5.41) is 18.6. The summed E-state index contributed by atoms with van der Waals surface area (Å²) in [5.41, 5.74) is 0.884. The van der Waals surface area contributed by atoms with E-state index in [9.17, 15) is 15.0 Å². The molecule has 5 heteroatoms. The van der Waals surface area contributed by atoms with Gasteiger partial charge >= 0.3 is 5.97 Å². The molecule has 0 saturated heterocycles. The molecule has 1 unspecified atom stereocenters. The quantitative estimate of drug-likeness (QED) is 0.835. The van der Waals surface area contributed by atoms with Crippen molar-refractivity contribution >= 4 is 21.9 Å². The van der Waals surface area contributed by atoms with Crippen LogP contribution in [0.5, 0.6) is 5.75 Å². The molecule has 0 heterocycles. The molecule has 0 aliphatic carbocycles. The van der Waals surface area contributed by atoms with Crippen LogP contribution in [0.4, 0.5) is 0 Å². The second-order valence-electron chi connectivity index (χ2n) is 4.96. The fourth-order valence-corrected chi connectivity index (χ4v) is 2.02. The highest BCUT2D eigenvalue weighted by molar-refractivity contribution is 9.10. The predicted molar refractivity (Wildman–Crippen MR) is 69.0 cm³/mol. The Morgan fingerprint density at radius 3 is 2.41 bits per heavy atom. The number of aromatic hydroxyl groups is 1. The van der Waals surface area contributed by atoms with Crippen LogP contribution in [0.15, 0.2) is 22.7 Å². The number of carboxylic acid groups (broad SMARTS) is 1. The van der Waals surface area contributed by atoms with Gasteiger partial charge < -0.3 is 14.7 Å². The van der Waals surface area contributed by atoms with Gasteiger partial charge in [-0.1, -0.05) is 6.07 Å². The molecule has 0 spiro atoms. The van der Waals surface area contributed by atoms with Crippen LogP contribution in [0.25, 0.3) is 0 Å². The minimum Gasteiger partial charge on any atom is -0.507 e. The monoisotopic (exact) mass is 302 g/mol. The maximum Gasteiger partial charge on any atom is 0.362 e. The zero-order chi connectivity index (χ0) is 13.2. The van der Waals surface area contributed by atoms with E-state index in [4.69, 9.17) is 0 Å². The molecule has 0 fully saturated rings. The van der Waals surface area contributed by atoms with E-state index in [0.29, 0.717) is 15.4 Å². The van der Waals surface area contributed by atoms with Crippen molar-refractivity contribution in [3.8, 4) is 5.75 Å². The molecule has 1 atom stereocenters. The highest BCUT2D eigenvalue weighted by Gasteiger charge is 2.31. The second-order valence-corrected chi connectivity index (χ2v) is 5.81. The standard InChI is InChI=1S/C12H16BrNO3/c1-14(2,3)10(12(16)17)7-8-4-5-11(15)9(13)6-8/h4-6,10H,7H2,1-3H3,(H-,15,16,17)/p+1. The smallest absolute Gasteiger partial charge is 0.362 e. The number of phenolic OH excluding ortho intramolecular Hbond substituents is 1. The van der Waals surface area contributed by atoms with Crippen molar-refractivity contribution in [3.63, 3.8) is 0 Å². The van der Waals surface area contributed by atoms with Gasteiger partial charge in [0.25, 0.3) is 0 Å². The third-order valence-electron chi connectivity index (χ3n) is 2.66. The van der Waals surface area contributed by atoms with Gasteiger partial charge in [-0.05, 0) is 33.6 Å². The molecule has 0 aliphatic rings. The Morgan fingerprint density at radius 2 is 2.00 bits per heavy atom. The maximum atomic E-state index is 11.2. The maximum absolute atomic E-state index is 11.2. The van der Waals surface area contributed by atoms with Crippen molar-refractivity contribution in [2.45, 2.75) is 12.5 Å². The van der Waals surface area contributed by atoms with Gasteiger partial charge in [-0.2, -0.15) is 0 Å². The van der Waals surface area contributed by atoms with Crippen LogP contribution in [0.2, 0.25) is 0 Å². The molecule has 1 aromatic rings. The topological polar surface area (TPSA) is 57.5 Å². The van der Waals surface area contributed by atoms with Crippen LogP contribution in [0.1, 0.15) is 5.56 Å². The number of quaternary nitrogens is 1. The average molecular weight is 303 g/mol. The first-order valence-corrected chi connectivity index (χ1v) is 6.02. The Morgan fingerprint density at radius 1 is 1.41 bits per heavy atom. The first-order chi connectivity index (χ1) is 7.71. The lowest BCUT2D eigenvalue weighted by atomic mass is 10.0. The SMILES string of the molecule is C[N+](C)(C)C(Cc1ccc(O)c(Br)c1)C(=O)O. The second kappa shape index (κ2) is 5.06. The molecule has 0 radical (unpaired) electrons. The van der Waals surface area contributed by atoms with E-state index < -0.39 is 12.0 Å².